The number of ether oxygens (including phenoxy) is 2. The Hall–Kier alpha value is -6.59. The van der Waals surface area contributed by atoms with Gasteiger partial charge in [-0.05, 0) is 47.5 Å². The van der Waals surface area contributed by atoms with Crippen LogP contribution in [0.4, 0.5) is 0 Å². The number of rotatable bonds is 9. The first-order valence-electron chi connectivity index (χ1n) is 19.0. The number of nitrogens with zero attached hydrogens (tertiary/aromatic N) is 6. The minimum absolute atomic E-state index is 0. The maximum Gasteiger partial charge on any atom is 2.00 e. The normalized spacial score (nSPS) is 10.9. The number of hydrogen-bond donors (Lipinski definition) is 0. The molecular weight excluding hydrogens is 1120 g/mol. The van der Waals surface area contributed by atoms with Crippen molar-refractivity contribution in [2.45, 2.75) is 13.8 Å². The minimum atomic E-state index is 0. The summed E-state index contributed by atoms with van der Waals surface area (Å²) in [5, 5.41) is 1.83. The molecule has 8 nitrogen and oxygen atoms in total. The largest absolute Gasteiger partial charge is 2.00 e. The van der Waals surface area contributed by atoms with Gasteiger partial charge in [0.1, 0.15) is 12.7 Å². The fraction of sp³-hybridized carbons (Fsp3) is 0.0392. The monoisotopic (exact) mass is 1150 g/mol. The molecule has 4 aromatic heterocycles. The van der Waals surface area contributed by atoms with Crippen LogP contribution in [0.15, 0.2) is 159 Å². The maximum atomic E-state index is 6.40. The summed E-state index contributed by atoms with van der Waals surface area (Å²) in [4.78, 5) is 22.6. The molecule has 4 heterocycles. The number of hydrogen-bond acceptors (Lipinski definition) is 7. The van der Waals surface area contributed by atoms with Crippen LogP contribution in [0.3, 0.4) is 0 Å². The molecule has 0 aliphatic rings. The van der Waals surface area contributed by atoms with E-state index in [1.54, 1.807) is 0 Å². The fourth-order valence-corrected chi connectivity index (χ4v) is 7.29. The molecule has 0 spiro atoms. The molecule has 10 aromatic rings. The topological polar surface area (TPSA) is 87.8 Å². The number of fused-ring (bicyclic) bond motifs is 3. The van der Waals surface area contributed by atoms with Crippen LogP contribution < -0.4 is 9.47 Å². The molecule has 0 amide bonds. The molecule has 0 saturated carbocycles. The maximum absolute atomic E-state index is 6.40. The van der Waals surface area contributed by atoms with Crippen LogP contribution in [0, 0.1) is 38.1 Å². The van der Waals surface area contributed by atoms with Gasteiger partial charge in [-0.2, -0.15) is 22.9 Å². The Morgan fingerprint density at radius 1 is 0.459 bits per heavy atom. The molecule has 10 heteroatoms. The molecule has 0 atom stereocenters. The van der Waals surface area contributed by atoms with E-state index in [1.165, 1.54) is 12.7 Å². The second-order valence-electron chi connectivity index (χ2n) is 14.0. The molecule has 0 aliphatic carbocycles. The van der Waals surface area contributed by atoms with Gasteiger partial charge in [0.25, 0.3) is 0 Å². The second-order valence-corrected chi connectivity index (χ2v) is 14.0. The Labute approximate surface area is 381 Å². The first-order chi connectivity index (χ1) is 29.0. The number of pyridine rings is 2. The summed E-state index contributed by atoms with van der Waals surface area (Å²) >= 11 is 0. The average molecular weight is 1150 g/mol. The number of aromatic nitrogens is 6. The quantitative estimate of drug-likeness (QED) is 0.133. The van der Waals surface area contributed by atoms with E-state index in [9.17, 15) is 0 Å². The predicted molar refractivity (Wildman–Crippen MR) is 229 cm³/mol. The fourth-order valence-electron chi connectivity index (χ4n) is 7.29. The van der Waals surface area contributed by atoms with E-state index in [0.717, 1.165) is 66.7 Å². The summed E-state index contributed by atoms with van der Waals surface area (Å²) in [7, 11) is 0. The van der Waals surface area contributed by atoms with Crippen molar-refractivity contribution in [2.24, 2.45) is 0 Å². The third-order valence-electron chi connectivity index (χ3n) is 10.1. The van der Waals surface area contributed by atoms with Crippen LogP contribution in [0.1, 0.15) is 11.1 Å². The Morgan fingerprint density at radius 3 is 1.34 bits per heavy atom. The van der Waals surface area contributed by atoms with E-state index in [0.29, 0.717) is 40.0 Å². The Kier molecular flexibility index (Phi) is 12.1. The van der Waals surface area contributed by atoms with Gasteiger partial charge in [-0.3, -0.25) is 0 Å². The zero-order chi connectivity index (χ0) is 39.7. The standard InChI is InChI=1S/C51H32N6O2.2Pt/c1-33-23-47(53-29-45(33)35-11-5-3-6-12-35)37-15-9-17-39(25-37)58-41-19-21-43-44-22-20-42(28-50(44)57(49(43)27-41)51-55-31-52-32-56-51)59-40-18-10-16-38(26-40)48-24-34(2)46(30-54-48)36-13-7-4-8-14-36;;/h3-24,29-32H,1-2H3;;/q-4;2*+2. The molecule has 298 valence electrons. The molecule has 0 saturated heterocycles. The van der Waals surface area contributed by atoms with E-state index in [-0.39, 0.29) is 42.1 Å². The molecule has 0 bridgehead atoms. The van der Waals surface area contributed by atoms with Gasteiger partial charge in [-0.15, -0.1) is 71.8 Å². The molecule has 61 heavy (non-hydrogen) atoms. The predicted octanol–water partition coefficient (Wildman–Crippen LogP) is 11.8. The van der Waals surface area contributed by atoms with Crippen molar-refractivity contribution in [3.63, 3.8) is 0 Å². The van der Waals surface area contributed by atoms with Crippen molar-refractivity contribution in [3.05, 3.63) is 194 Å². The van der Waals surface area contributed by atoms with E-state index < -0.39 is 0 Å². The number of benzene rings is 6. The third-order valence-corrected chi connectivity index (χ3v) is 10.1. The van der Waals surface area contributed by atoms with Crippen LogP contribution in [0.2, 0.25) is 0 Å². The third kappa shape index (κ3) is 8.43. The van der Waals surface area contributed by atoms with Gasteiger partial charge >= 0.3 is 42.1 Å². The summed E-state index contributed by atoms with van der Waals surface area (Å²) in [5.41, 5.74) is 11.4. The first kappa shape index (κ1) is 41.2. The van der Waals surface area contributed by atoms with Gasteiger partial charge in [0, 0.05) is 46.5 Å². The SMILES string of the molecule is Cc1cc(-c2[c-]c(Oc3[c-]c4c(cc3)c3ccc(Oc5[c-]c(-c6cc(C)c(-c7ccccc7)cn6)ccc5)[c-]c3n4-c3ncncn3)ccc2)ncc1-c1ccccc1.[Pt+2].[Pt+2]. The molecule has 6 aromatic carbocycles. The zero-order valence-electron chi connectivity index (χ0n) is 32.6. The molecule has 10 rings (SSSR count). The Morgan fingerprint density at radius 2 is 0.902 bits per heavy atom. The van der Waals surface area contributed by atoms with Crippen molar-refractivity contribution in [1.82, 2.24) is 29.5 Å². The summed E-state index contributed by atoms with van der Waals surface area (Å²) in [5.74, 6) is 2.47. The molecule has 0 aliphatic heterocycles. The van der Waals surface area contributed by atoms with Crippen molar-refractivity contribution >= 4 is 21.8 Å². The molecular formula is C51H32N6O2Pt2. The van der Waals surface area contributed by atoms with Gasteiger partial charge in [-0.1, -0.05) is 96.0 Å². The van der Waals surface area contributed by atoms with E-state index in [1.807, 2.05) is 114 Å². The van der Waals surface area contributed by atoms with Crippen molar-refractivity contribution in [1.29, 1.82) is 0 Å². The number of aryl methyl sites for hydroxylation is 2. The van der Waals surface area contributed by atoms with Crippen LogP contribution in [-0.2, 0) is 42.1 Å². The van der Waals surface area contributed by atoms with Crippen molar-refractivity contribution in [2.75, 3.05) is 0 Å². The van der Waals surface area contributed by atoms with Crippen molar-refractivity contribution in [3.8, 4) is 73.7 Å². The van der Waals surface area contributed by atoms with E-state index >= 15 is 0 Å². The van der Waals surface area contributed by atoms with E-state index in [4.69, 9.17) is 19.4 Å². The second kappa shape index (κ2) is 17.9. The summed E-state index contributed by atoms with van der Waals surface area (Å²) in [6, 6.07) is 57.8. The first-order valence-corrected chi connectivity index (χ1v) is 19.0. The van der Waals surface area contributed by atoms with Crippen LogP contribution in [0.5, 0.6) is 23.0 Å². The van der Waals surface area contributed by atoms with Gasteiger partial charge in [0.2, 0.25) is 5.95 Å². The molecule has 0 radical (unpaired) electrons. The summed E-state index contributed by atoms with van der Waals surface area (Å²) in [6.45, 7) is 4.19. The summed E-state index contributed by atoms with van der Waals surface area (Å²) < 4.78 is 14.7. The van der Waals surface area contributed by atoms with Crippen LogP contribution in [0.25, 0.3) is 72.5 Å². The van der Waals surface area contributed by atoms with Crippen molar-refractivity contribution < 1.29 is 51.6 Å². The Bertz CT molecular complexity index is 2950. The molecule has 0 N–H and O–H groups in total. The van der Waals surface area contributed by atoms with Gasteiger partial charge in [-0.25, -0.2) is 15.0 Å². The van der Waals surface area contributed by atoms with Crippen LogP contribution in [-0.4, -0.2) is 29.5 Å². The van der Waals surface area contributed by atoms with Gasteiger partial charge in [0.05, 0.1) is 0 Å². The van der Waals surface area contributed by atoms with E-state index in [2.05, 4.69) is 89.5 Å². The zero-order valence-corrected chi connectivity index (χ0v) is 37.2. The minimum Gasteiger partial charge on any atom is -0.503 e. The average Bonchev–Trinajstić information content (AvgIpc) is 3.60. The smallest absolute Gasteiger partial charge is 0.503 e. The Balaban J connectivity index is 0.00000257. The van der Waals surface area contributed by atoms with Gasteiger partial charge < -0.3 is 24.0 Å². The molecule has 0 unspecified atom stereocenters. The summed E-state index contributed by atoms with van der Waals surface area (Å²) in [6.07, 6.45) is 6.75. The molecule has 0 fully saturated rings. The van der Waals surface area contributed by atoms with Crippen LogP contribution >= 0.6 is 0 Å². The van der Waals surface area contributed by atoms with Gasteiger partial charge in [0.15, 0.2) is 0 Å².